The number of esters is 2. The lowest BCUT2D eigenvalue weighted by atomic mass is 10.1. The van der Waals surface area contributed by atoms with Gasteiger partial charge in [-0.2, -0.15) is 8.42 Å². The summed E-state index contributed by atoms with van der Waals surface area (Å²) in [5.74, 6) is -1.52. The van der Waals surface area contributed by atoms with Gasteiger partial charge >= 0.3 is 11.9 Å². The van der Waals surface area contributed by atoms with E-state index < -0.39 is 27.0 Å². The predicted octanol–water partition coefficient (Wildman–Crippen LogP) is 11.0. The second-order valence-electron chi connectivity index (χ2n) is 12.2. The number of allylic oxidation sites excluding steroid dienone is 4. The number of carbonyl (C=O) groups excluding carboxylic acids is 2. The molecule has 262 valence electrons. The van der Waals surface area contributed by atoms with Crippen LogP contribution in [0, 0.1) is 0 Å². The van der Waals surface area contributed by atoms with Gasteiger partial charge in [-0.25, -0.2) is 9.59 Å². The van der Waals surface area contributed by atoms with Crippen LogP contribution in [-0.4, -0.2) is 38.1 Å². The molecule has 0 bridgehead atoms. The van der Waals surface area contributed by atoms with Crippen molar-refractivity contribution in [3.8, 4) is 0 Å². The molecule has 0 saturated heterocycles. The first-order valence-electron chi connectivity index (χ1n) is 18.1. The van der Waals surface area contributed by atoms with Crippen LogP contribution >= 0.6 is 0 Å². The van der Waals surface area contributed by atoms with Crippen LogP contribution < -0.4 is 0 Å². The highest BCUT2D eigenvalue weighted by Gasteiger charge is 2.23. The van der Waals surface area contributed by atoms with E-state index in [1.54, 1.807) is 0 Å². The second kappa shape index (κ2) is 27.6. The number of unbranched alkanes of at least 4 members (excludes halogenated alkanes) is 18. The molecule has 0 aromatic heterocycles. The van der Waals surface area contributed by atoms with E-state index in [2.05, 4.69) is 38.2 Å². The van der Waals surface area contributed by atoms with Gasteiger partial charge in [0.05, 0.1) is 29.2 Å². The molecule has 0 spiro atoms. The molecule has 1 aromatic carbocycles. The van der Waals surface area contributed by atoms with Crippen LogP contribution in [0.3, 0.4) is 0 Å². The van der Waals surface area contributed by atoms with E-state index in [4.69, 9.17) is 9.47 Å². The van der Waals surface area contributed by atoms with Crippen LogP contribution in [0.2, 0.25) is 0 Å². The second-order valence-corrected chi connectivity index (χ2v) is 13.6. The van der Waals surface area contributed by atoms with Crippen molar-refractivity contribution in [2.75, 3.05) is 13.2 Å². The van der Waals surface area contributed by atoms with Crippen molar-refractivity contribution in [1.82, 2.24) is 0 Å². The Labute approximate surface area is 280 Å². The quantitative estimate of drug-likeness (QED) is 0.0393. The molecule has 0 aliphatic rings. The predicted molar refractivity (Wildman–Crippen MR) is 188 cm³/mol. The lowest BCUT2D eigenvalue weighted by Crippen LogP contribution is -2.16. The summed E-state index contributed by atoms with van der Waals surface area (Å²) >= 11 is 0. The fourth-order valence-electron chi connectivity index (χ4n) is 5.13. The van der Waals surface area contributed by atoms with Crippen molar-refractivity contribution in [2.45, 2.75) is 160 Å². The molecule has 1 N–H and O–H groups in total. The first-order chi connectivity index (χ1) is 22.3. The lowest BCUT2D eigenvalue weighted by molar-refractivity contribution is 0.0450. The van der Waals surface area contributed by atoms with E-state index in [0.717, 1.165) is 63.5 Å². The molecule has 46 heavy (non-hydrogen) atoms. The number of benzene rings is 1. The molecule has 0 radical (unpaired) electrons. The molecule has 1 aromatic rings. The van der Waals surface area contributed by atoms with Gasteiger partial charge < -0.3 is 9.47 Å². The molecule has 0 aliphatic heterocycles. The monoisotopic (exact) mass is 662 g/mol. The molecule has 8 heteroatoms. The van der Waals surface area contributed by atoms with Gasteiger partial charge in [-0.15, -0.1) is 0 Å². The van der Waals surface area contributed by atoms with Crippen molar-refractivity contribution in [3.05, 3.63) is 53.6 Å². The minimum absolute atomic E-state index is 0.0682. The van der Waals surface area contributed by atoms with Crippen molar-refractivity contribution in [1.29, 1.82) is 0 Å². The largest absolute Gasteiger partial charge is 0.462 e. The average Bonchev–Trinajstić information content (AvgIpc) is 3.04. The summed E-state index contributed by atoms with van der Waals surface area (Å²) in [6.45, 7) is 4.80. The van der Waals surface area contributed by atoms with Crippen LogP contribution in [0.1, 0.15) is 176 Å². The zero-order chi connectivity index (χ0) is 33.7. The Morgan fingerprint density at radius 2 is 0.935 bits per heavy atom. The van der Waals surface area contributed by atoms with Crippen LogP contribution in [-0.2, 0) is 19.6 Å². The molecule has 0 amide bonds. The zero-order valence-corrected chi connectivity index (χ0v) is 29.6. The maximum absolute atomic E-state index is 12.9. The van der Waals surface area contributed by atoms with Crippen molar-refractivity contribution in [2.24, 2.45) is 0 Å². The Balaban J connectivity index is 2.35. The number of hydrogen-bond donors (Lipinski definition) is 1. The van der Waals surface area contributed by atoms with Crippen LogP contribution in [0.25, 0.3) is 0 Å². The van der Waals surface area contributed by atoms with Gasteiger partial charge in [0, 0.05) is 0 Å². The van der Waals surface area contributed by atoms with Crippen LogP contribution in [0.15, 0.2) is 47.4 Å². The Hall–Kier alpha value is -2.45. The molecule has 0 heterocycles. The SMILES string of the molecule is CCCC/C=C/CCCCCCCCCOC(=O)c1ccc(S(=O)(=O)O)cc1C(=O)OCCCCCCCCC/C=C/CCCC. The van der Waals surface area contributed by atoms with Gasteiger partial charge in [-0.3, -0.25) is 4.55 Å². The van der Waals surface area contributed by atoms with Gasteiger partial charge in [-0.1, -0.05) is 128 Å². The van der Waals surface area contributed by atoms with Gasteiger partial charge in [0.2, 0.25) is 0 Å². The maximum atomic E-state index is 12.9. The molecule has 1 rings (SSSR count). The summed E-state index contributed by atoms with van der Waals surface area (Å²) in [6, 6.07) is 3.27. The molecule has 7 nitrogen and oxygen atoms in total. The number of hydrogen-bond acceptors (Lipinski definition) is 6. The van der Waals surface area contributed by atoms with Gasteiger partial charge in [0.15, 0.2) is 0 Å². The highest BCUT2D eigenvalue weighted by atomic mass is 32.2. The maximum Gasteiger partial charge on any atom is 0.339 e. The Morgan fingerprint density at radius 3 is 1.35 bits per heavy atom. The number of ether oxygens (including phenoxy) is 2. The third-order valence-electron chi connectivity index (χ3n) is 8.01. The van der Waals surface area contributed by atoms with Gasteiger partial charge in [-0.05, 0) is 69.6 Å². The standard InChI is InChI=1S/C38H62O7S/c1-3-5-7-9-11-13-15-17-19-21-23-25-27-31-44-37(39)35-30-29-34(46(41,42)43)33-36(35)38(40)45-32-28-26-24-22-20-18-16-14-12-10-8-6-4-2/h9-12,29-30,33H,3-8,13-28,31-32H2,1-2H3,(H,41,42,43)/b11-9+,12-10+. The number of rotatable bonds is 29. The Bertz CT molecular complexity index is 1110. The zero-order valence-electron chi connectivity index (χ0n) is 28.8. The summed E-state index contributed by atoms with van der Waals surface area (Å²) in [6.07, 6.45) is 33.7. The minimum atomic E-state index is -4.56. The fourth-order valence-corrected chi connectivity index (χ4v) is 5.63. The third kappa shape index (κ3) is 21.4. The van der Waals surface area contributed by atoms with E-state index >= 15 is 0 Å². The first-order valence-corrected chi connectivity index (χ1v) is 19.5. The summed E-state index contributed by atoms with van der Waals surface area (Å²) in [5, 5.41) is 0. The van der Waals surface area contributed by atoms with E-state index in [1.165, 1.54) is 83.1 Å². The smallest absolute Gasteiger partial charge is 0.339 e. The summed E-state index contributed by atoms with van der Waals surface area (Å²) in [5.41, 5.74) is -0.287. The fraction of sp³-hybridized carbons (Fsp3) is 0.684. The minimum Gasteiger partial charge on any atom is -0.462 e. The van der Waals surface area contributed by atoms with Gasteiger partial charge in [0.25, 0.3) is 10.1 Å². The highest BCUT2D eigenvalue weighted by Crippen LogP contribution is 2.19. The van der Waals surface area contributed by atoms with E-state index in [9.17, 15) is 22.6 Å². The summed E-state index contributed by atoms with van der Waals surface area (Å²) < 4.78 is 43.6. The Morgan fingerprint density at radius 1 is 0.565 bits per heavy atom. The van der Waals surface area contributed by atoms with Crippen molar-refractivity contribution < 1.29 is 32.0 Å². The number of carbonyl (C=O) groups is 2. The first kappa shape index (κ1) is 41.6. The average molecular weight is 663 g/mol. The van der Waals surface area contributed by atoms with E-state index in [1.807, 2.05) is 0 Å². The molecule has 0 aliphatic carbocycles. The summed E-state index contributed by atoms with van der Waals surface area (Å²) in [7, 11) is -4.56. The normalized spacial score (nSPS) is 11.9. The molecule has 0 atom stereocenters. The molecular weight excluding hydrogens is 600 g/mol. The van der Waals surface area contributed by atoms with E-state index in [-0.39, 0.29) is 24.3 Å². The lowest BCUT2D eigenvalue weighted by Gasteiger charge is -2.11. The van der Waals surface area contributed by atoms with Crippen molar-refractivity contribution in [3.63, 3.8) is 0 Å². The molecule has 0 fully saturated rings. The summed E-state index contributed by atoms with van der Waals surface area (Å²) in [4.78, 5) is 25.2. The van der Waals surface area contributed by atoms with Crippen LogP contribution in [0.4, 0.5) is 0 Å². The molecular formula is C38H62O7S. The highest BCUT2D eigenvalue weighted by molar-refractivity contribution is 7.85. The molecule has 0 unspecified atom stereocenters. The van der Waals surface area contributed by atoms with Crippen LogP contribution in [0.5, 0.6) is 0 Å². The Kier molecular flexibility index (Phi) is 25.0. The van der Waals surface area contributed by atoms with Gasteiger partial charge in [0.1, 0.15) is 0 Å². The molecule has 0 saturated carbocycles. The van der Waals surface area contributed by atoms with Crippen molar-refractivity contribution >= 4 is 22.1 Å². The topological polar surface area (TPSA) is 107 Å². The van der Waals surface area contributed by atoms with E-state index in [0.29, 0.717) is 12.8 Å². The third-order valence-corrected chi connectivity index (χ3v) is 8.86.